The monoisotopic (exact) mass is 374 g/mol. The van der Waals surface area contributed by atoms with E-state index in [1.165, 1.54) is 0 Å². The van der Waals surface area contributed by atoms with Crippen LogP contribution in [0.2, 0.25) is 0 Å². The van der Waals surface area contributed by atoms with Gasteiger partial charge in [0.15, 0.2) is 0 Å². The third-order valence-corrected chi connectivity index (χ3v) is 5.59. The van der Waals surface area contributed by atoms with E-state index in [0.29, 0.717) is 11.8 Å². The molecule has 0 unspecified atom stereocenters. The Kier molecular flexibility index (Phi) is 6.07. The molecule has 3 rings (SSSR count). The van der Waals surface area contributed by atoms with Crippen molar-refractivity contribution >= 4 is 0 Å². The Bertz CT molecular complexity index is 777. The number of aliphatic hydroxyl groups excluding tert-OH is 1. The van der Waals surface area contributed by atoms with E-state index >= 15 is 0 Å². The first-order valence-corrected chi connectivity index (χ1v) is 9.53. The quantitative estimate of drug-likeness (QED) is 0.834. The molecule has 1 atom stereocenters. The molecule has 1 aromatic heterocycles. The highest BCUT2D eigenvalue weighted by molar-refractivity contribution is 5.68. The number of hydrogen-bond donors (Lipinski definition) is 1. The van der Waals surface area contributed by atoms with Crippen molar-refractivity contribution in [2.45, 2.75) is 46.3 Å². The Labute approximate surface area is 161 Å². The Balaban J connectivity index is 1.79. The topological polar surface area (TPSA) is 68.0 Å². The number of aliphatic hydroxyl groups is 1. The maximum atomic E-state index is 9.77. The molecular weight excluding hydrogens is 344 g/mol. The van der Waals surface area contributed by atoms with Gasteiger partial charge in [0.05, 0.1) is 31.6 Å². The number of hydrogen-bond acceptors (Lipinski definition) is 6. The summed E-state index contributed by atoms with van der Waals surface area (Å²) in [5.41, 5.74) is 2.71. The minimum Gasteiger partial charge on any atom is -0.496 e. The summed E-state index contributed by atoms with van der Waals surface area (Å²) in [5, 5.41) is 9.77. The number of benzene rings is 1. The third-order valence-electron chi connectivity index (χ3n) is 5.59. The zero-order valence-corrected chi connectivity index (χ0v) is 16.9. The smallest absolute Gasteiger partial charge is 0.230 e. The molecule has 1 aliphatic heterocycles. The van der Waals surface area contributed by atoms with Gasteiger partial charge < -0.3 is 19.0 Å². The summed E-state index contributed by atoms with van der Waals surface area (Å²) in [5.74, 6) is 3.31. The Morgan fingerprint density at radius 1 is 1.22 bits per heavy atom. The van der Waals surface area contributed by atoms with Crippen LogP contribution < -0.4 is 9.47 Å². The first-order chi connectivity index (χ1) is 12.9. The predicted molar refractivity (Wildman–Crippen MR) is 104 cm³/mol. The molecule has 27 heavy (non-hydrogen) atoms. The second-order valence-electron chi connectivity index (χ2n) is 7.35. The van der Waals surface area contributed by atoms with E-state index in [-0.39, 0.29) is 6.10 Å². The zero-order valence-electron chi connectivity index (χ0n) is 16.9. The second kappa shape index (κ2) is 8.31. The number of aromatic nitrogens is 1. The highest BCUT2D eigenvalue weighted by Gasteiger charge is 2.25. The van der Waals surface area contributed by atoms with Crippen LogP contribution in [0.1, 0.15) is 36.8 Å². The highest BCUT2D eigenvalue weighted by Crippen LogP contribution is 2.38. The van der Waals surface area contributed by atoms with E-state index in [9.17, 15) is 5.11 Å². The van der Waals surface area contributed by atoms with Crippen LogP contribution in [-0.4, -0.2) is 48.4 Å². The van der Waals surface area contributed by atoms with Gasteiger partial charge >= 0.3 is 0 Å². The van der Waals surface area contributed by atoms with Gasteiger partial charge in [0.25, 0.3) is 0 Å². The summed E-state index contributed by atoms with van der Waals surface area (Å²) < 4.78 is 16.9. The number of ether oxygens (including phenoxy) is 2. The van der Waals surface area contributed by atoms with Crippen molar-refractivity contribution in [3.63, 3.8) is 0 Å². The van der Waals surface area contributed by atoms with Crippen molar-refractivity contribution < 1.29 is 19.0 Å². The lowest BCUT2D eigenvalue weighted by atomic mass is 9.92. The van der Waals surface area contributed by atoms with Crippen LogP contribution in [-0.2, 0) is 6.54 Å². The lowest BCUT2D eigenvalue weighted by molar-refractivity contribution is 0.0690. The fourth-order valence-corrected chi connectivity index (χ4v) is 3.82. The summed E-state index contributed by atoms with van der Waals surface area (Å²) >= 11 is 0. The van der Waals surface area contributed by atoms with Crippen molar-refractivity contribution in [3.8, 4) is 23.0 Å². The van der Waals surface area contributed by atoms with Gasteiger partial charge in [-0.1, -0.05) is 0 Å². The van der Waals surface area contributed by atoms with Crippen molar-refractivity contribution in [1.82, 2.24) is 9.88 Å². The fraction of sp³-hybridized carbons (Fsp3) is 0.571. The maximum Gasteiger partial charge on any atom is 0.230 e. The Morgan fingerprint density at radius 3 is 2.52 bits per heavy atom. The predicted octanol–water partition coefficient (Wildman–Crippen LogP) is 3.57. The number of likely N-dealkylation sites (tertiary alicyclic amines) is 1. The van der Waals surface area contributed by atoms with E-state index in [0.717, 1.165) is 66.6 Å². The fourth-order valence-electron chi connectivity index (χ4n) is 3.82. The van der Waals surface area contributed by atoms with Crippen molar-refractivity contribution in [1.29, 1.82) is 0 Å². The van der Waals surface area contributed by atoms with Crippen molar-refractivity contribution in [2.24, 2.45) is 5.92 Å². The number of piperidine rings is 1. The molecule has 148 valence electrons. The van der Waals surface area contributed by atoms with Crippen LogP contribution in [0.3, 0.4) is 0 Å². The third kappa shape index (κ3) is 4.12. The number of rotatable bonds is 6. The van der Waals surface area contributed by atoms with Crippen molar-refractivity contribution in [3.05, 3.63) is 29.2 Å². The van der Waals surface area contributed by atoms with Crippen LogP contribution in [0.5, 0.6) is 11.5 Å². The molecule has 0 saturated carbocycles. The maximum absolute atomic E-state index is 9.77. The van der Waals surface area contributed by atoms with Crippen LogP contribution >= 0.6 is 0 Å². The molecule has 1 aliphatic rings. The first-order valence-electron chi connectivity index (χ1n) is 9.53. The summed E-state index contributed by atoms with van der Waals surface area (Å²) in [6.45, 7) is 8.52. The molecule has 1 fully saturated rings. The Morgan fingerprint density at radius 2 is 1.93 bits per heavy atom. The van der Waals surface area contributed by atoms with E-state index < -0.39 is 0 Å². The summed E-state index contributed by atoms with van der Waals surface area (Å²) in [4.78, 5) is 7.13. The molecule has 0 spiro atoms. The molecule has 0 aliphatic carbocycles. The summed E-state index contributed by atoms with van der Waals surface area (Å²) in [7, 11) is 3.30. The largest absolute Gasteiger partial charge is 0.496 e. The van der Waals surface area contributed by atoms with Gasteiger partial charge in [0, 0.05) is 12.1 Å². The lowest BCUT2D eigenvalue weighted by Gasteiger charge is -2.32. The highest BCUT2D eigenvalue weighted by atomic mass is 16.5. The average molecular weight is 374 g/mol. The van der Waals surface area contributed by atoms with Gasteiger partial charge in [0.1, 0.15) is 17.3 Å². The molecule has 2 heterocycles. The zero-order chi connectivity index (χ0) is 19.6. The van der Waals surface area contributed by atoms with Gasteiger partial charge in [0.2, 0.25) is 5.89 Å². The number of oxazole rings is 1. The molecular formula is C21H30N2O4. The van der Waals surface area contributed by atoms with Gasteiger partial charge in [-0.2, -0.15) is 0 Å². The van der Waals surface area contributed by atoms with E-state index in [2.05, 4.69) is 4.90 Å². The summed E-state index contributed by atoms with van der Waals surface area (Å²) in [6, 6.07) is 3.83. The molecule has 6 heteroatoms. The standard InChI is InChI=1S/C21H30N2O4/c1-13-19(25-4)7-6-17(20(13)26-5)21-22-18(15(3)27-21)12-23-10-8-16(9-11-23)14(2)24/h6-7,14,16,24H,8-12H2,1-5H3/t14-/m1/s1. The number of aryl methyl sites for hydroxylation is 1. The van der Waals surface area contributed by atoms with Crippen molar-refractivity contribution in [2.75, 3.05) is 27.3 Å². The Hall–Kier alpha value is -2.05. The van der Waals surface area contributed by atoms with Crippen LogP contribution in [0, 0.1) is 19.8 Å². The van der Waals surface area contributed by atoms with Gasteiger partial charge in [-0.15, -0.1) is 0 Å². The second-order valence-corrected chi connectivity index (χ2v) is 7.35. The first kappa shape index (κ1) is 19.7. The molecule has 0 radical (unpaired) electrons. The molecule has 6 nitrogen and oxygen atoms in total. The summed E-state index contributed by atoms with van der Waals surface area (Å²) in [6.07, 6.45) is 1.82. The van der Waals surface area contributed by atoms with Gasteiger partial charge in [-0.25, -0.2) is 4.98 Å². The molecule has 1 N–H and O–H groups in total. The van der Waals surface area contributed by atoms with E-state index in [4.69, 9.17) is 18.9 Å². The molecule has 1 aromatic carbocycles. The van der Waals surface area contributed by atoms with Gasteiger partial charge in [-0.3, -0.25) is 4.90 Å². The molecule has 1 saturated heterocycles. The number of methoxy groups -OCH3 is 2. The minimum absolute atomic E-state index is 0.224. The SMILES string of the molecule is COc1ccc(-c2nc(CN3CCC([C@@H](C)O)CC3)c(C)o2)c(OC)c1C. The van der Waals surface area contributed by atoms with Crippen LogP contribution in [0.25, 0.3) is 11.5 Å². The van der Waals surface area contributed by atoms with Gasteiger partial charge in [-0.05, 0) is 64.8 Å². The minimum atomic E-state index is -0.224. The molecule has 2 aromatic rings. The molecule has 0 amide bonds. The normalized spacial score (nSPS) is 17.1. The molecule has 0 bridgehead atoms. The van der Waals surface area contributed by atoms with Crippen LogP contribution in [0.15, 0.2) is 16.5 Å². The lowest BCUT2D eigenvalue weighted by Crippen LogP contribution is -2.36. The average Bonchev–Trinajstić information content (AvgIpc) is 3.02. The van der Waals surface area contributed by atoms with E-state index in [1.54, 1.807) is 14.2 Å². The number of nitrogens with zero attached hydrogens (tertiary/aromatic N) is 2. The van der Waals surface area contributed by atoms with E-state index in [1.807, 2.05) is 32.9 Å². The van der Waals surface area contributed by atoms with Crippen LogP contribution in [0.4, 0.5) is 0 Å².